The summed E-state index contributed by atoms with van der Waals surface area (Å²) in [4.78, 5) is 8.92. The molecule has 4 nitrogen and oxygen atoms in total. The van der Waals surface area contributed by atoms with Crippen molar-refractivity contribution in [2.75, 3.05) is 7.11 Å². The van der Waals surface area contributed by atoms with E-state index in [-0.39, 0.29) is 12.4 Å². The van der Waals surface area contributed by atoms with Crippen molar-refractivity contribution < 1.29 is 13.9 Å². The van der Waals surface area contributed by atoms with E-state index in [9.17, 15) is 4.39 Å². The van der Waals surface area contributed by atoms with E-state index in [4.69, 9.17) is 9.47 Å². The van der Waals surface area contributed by atoms with Crippen molar-refractivity contribution >= 4 is 15.9 Å². The molecule has 3 rings (SSSR count). The van der Waals surface area contributed by atoms with Crippen molar-refractivity contribution in [1.29, 1.82) is 0 Å². The first-order valence-corrected chi connectivity index (χ1v) is 8.42. The quantitative estimate of drug-likeness (QED) is 0.566. The van der Waals surface area contributed by atoms with Gasteiger partial charge in [-0.25, -0.2) is 14.4 Å². The summed E-state index contributed by atoms with van der Waals surface area (Å²) in [5.41, 5.74) is 3.08. The maximum absolute atomic E-state index is 13.2. The minimum absolute atomic E-state index is 0.279. The third-order valence-electron chi connectivity index (χ3n) is 3.58. The number of aryl methyl sites for hydroxylation is 1. The second-order valence-electron chi connectivity index (χ2n) is 5.39. The molecule has 0 N–H and O–H groups in total. The first kappa shape index (κ1) is 17.4. The lowest BCUT2D eigenvalue weighted by molar-refractivity contribution is 0.300. The van der Waals surface area contributed by atoms with Crippen LogP contribution in [0.2, 0.25) is 0 Å². The molecule has 1 aromatic carbocycles. The first-order chi connectivity index (χ1) is 12.1. The van der Waals surface area contributed by atoms with Crippen LogP contribution < -0.4 is 9.47 Å². The van der Waals surface area contributed by atoms with Crippen molar-refractivity contribution in [3.63, 3.8) is 0 Å². The van der Waals surface area contributed by atoms with Gasteiger partial charge in [0.15, 0.2) is 5.75 Å². The fraction of sp³-hybridized carbons (Fsp3) is 0.158. The van der Waals surface area contributed by atoms with Crippen molar-refractivity contribution in [3.05, 3.63) is 70.3 Å². The van der Waals surface area contributed by atoms with Crippen LogP contribution >= 0.6 is 15.9 Å². The normalized spacial score (nSPS) is 10.6. The number of methoxy groups -OCH3 is 1. The van der Waals surface area contributed by atoms with E-state index >= 15 is 0 Å². The van der Waals surface area contributed by atoms with E-state index in [0.29, 0.717) is 21.8 Å². The largest absolute Gasteiger partial charge is 0.494 e. The van der Waals surface area contributed by atoms with Gasteiger partial charge in [0, 0.05) is 11.3 Å². The highest BCUT2D eigenvalue weighted by Crippen LogP contribution is 2.29. The number of pyridine rings is 2. The highest BCUT2D eigenvalue weighted by molar-refractivity contribution is 9.10. The number of hydrogen-bond donors (Lipinski definition) is 0. The Morgan fingerprint density at radius 2 is 1.68 bits per heavy atom. The highest BCUT2D eigenvalue weighted by Gasteiger charge is 2.11. The first-order valence-electron chi connectivity index (χ1n) is 7.62. The van der Waals surface area contributed by atoms with Gasteiger partial charge in [0.05, 0.1) is 12.8 Å². The molecule has 0 atom stereocenters. The predicted molar refractivity (Wildman–Crippen MR) is 97.2 cm³/mol. The van der Waals surface area contributed by atoms with E-state index in [0.717, 1.165) is 17.0 Å². The second kappa shape index (κ2) is 7.61. The number of ether oxygens (including phenoxy) is 2. The van der Waals surface area contributed by atoms with Gasteiger partial charge in [-0.3, -0.25) is 0 Å². The Bertz CT molecular complexity index is 885. The van der Waals surface area contributed by atoms with Gasteiger partial charge < -0.3 is 9.47 Å². The monoisotopic (exact) mass is 402 g/mol. The average molecular weight is 403 g/mol. The molecule has 0 aliphatic rings. The molecule has 0 fully saturated rings. The smallest absolute Gasteiger partial charge is 0.151 e. The van der Waals surface area contributed by atoms with Crippen LogP contribution in [-0.4, -0.2) is 17.1 Å². The molecule has 3 aromatic rings. The van der Waals surface area contributed by atoms with Gasteiger partial charge in [-0.2, -0.15) is 0 Å². The maximum atomic E-state index is 13.2. The minimum atomic E-state index is -0.286. The van der Waals surface area contributed by atoms with Crippen LogP contribution in [-0.2, 0) is 6.61 Å². The number of benzene rings is 1. The van der Waals surface area contributed by atoms with E-state index in [1.54, 1.807) is 19.2 Å². The number of halogens is 2. The van der Waals surface area contributed by atoms with E-state index in [1.807, 2.05) is 31.2 Å². The van der Waals surface area contributed by atoms with Gasteiger partial charge >= 0.3 is 0 Å². The van der Waals surface area contributed by atoms with Crippen molar-refractivity contribution in [3.8, 4) is 22.8 Å². The van der Waals surface area contributed by atoms with E-state index in [1.165, 1.54) is 12.1 Å². The number of hydrogen-bond acceptors (Lipinski definition) is 4. The minimum Gasteiger partial charge on any atom is -0.494 e. The van der Waals surface area contributed by atoms with Crippen molar-refractivity contribution in [2.24, 2.45) is 0 Å². The molecule has 2 aromatic heterocycles. The SMILES string of the molecule is COc1ccc(COc2ccc(C)nc2-c2ccc(F)cc2)nc1Br. The molecule has 0 saturated carbocycles. The zero-order chi connectivity index (χ0) is 17.8. The Kier molecular flexibility index (Phi) is 5.28. The third-order valence-corrected chi connectivity index (χ3v) is 4.15. The molecule has 25 heavy (non-hydrogen) atoms. The van der Waals surface area contributed by atoms with Gasteiger partial charge in [-0.05, 0) is 71.4 Å². The van der Waals surface area contributed by atoms with Crippen LogP contribution in [0.5, 0.6) is 11.5 Å². The fourth-order valence-corrected chi connectivity index (χ4v) is 2.84. The summed E-state index contributed by atoms with van der Waals surface area (Å²) in [5, 5.41) is 0. The fourth-order valence-electron chi connectivity index (χ4n) is 2.32. The number of aromatic nitrogens is 2. The summed E-state index contributed by atoms with van der Waals surface area (Å²) in [7, 11) is 1.59. The molecule has 0 spiro atoms. The van der Waals surface area contributed by atoms with Gasteiger partial charge in [0.2, 0.25) is 0 Å². The van der Waals surface area contributed by atoms with Gasteiger partial charge in [0.1, 0.15) is 28.5 Å². The lowest BCUT2D eigenvalue weighted by Crippen LogP contribution is -2.02. The zero-order valence-electron chi connectivity index (χ0n) is 13.8. The standard InChI is InChI=1S/C19H16BrFN2O2/c1-12-3-9-16(18(22-12)13-4-6-14(21)7-5-13)25-11-15-8-10-17(24-2)19(20)23-15/h3-10H,11H2,1-2H3. The number of nitrogens with zero attached hydrogens (tertiary/aromatic N) is 2. The van der Waals surface area contributed by atoms with Crippen LogP contribution in [0.1, 0.15) is 11.4 Å². The molecule has 0 amide bonds. The second-order valence-corrected chi connectivity index (χ2v) is 6.14. The Balaban J connectivity index is 1.85. The molecule has 0 radical (unpaired) electrons. The summed E-state index contributed by atoms with van der Waals surface area (Å²) in [6.45, 7) is 2.18. The van der Waals surface area contributed by atoms with Crippen molar-refractivity contribution in [1.82, 2.24) is 9.97 Å². The topological polar surface area (TPSA) is 44.2 Å². The average Bonchev–Trinajstić information content (AvgIpc) is 2.61. The summed E-state index contributed by atoms with van der Waals surface area (Å²) in [5.74, 6) is 0.991. The zero-order valence-corrected chi connectivity index (χ0v) is 15.4. The molecule has 0 aliphatic heterocycles. The molecular weight excluding hydrogens is 387 g/mol. The summed E-state index contributed by atoms with van der Waals surface area (Å²) < 4.78 is 24.9. The molecule has 0 aliphatic carbocycles. The molecule has 2 heterocycles. The van der Waals surface area contributed by atoms with Gasteiger partial charge in [0.25, 0.3) is 0 Å². The molecule has 0 bridgehead atoms. The van der Waals surface area contributed by atoms with Crippen LogP contribution in [0, 0.1) is 12.7 Å². The third kappa shape index (κ3) is 4.14. The molecule has 0 saturated heterocycles. The lowest BCUT2D eigenvalue weighted by Gasteiger charge is -2.12. The van der Waals surface area contributed by atoms with E-state index in [2.05, 4.69) is 25.9 Å². The molecule has 0 unspecified atom stereocenters. The molecular formula is C19H16BrFN2O2. The summed E-state index contributed by atoms with van der Waals surface area (Å²) in [6.07, 6.45) is 0. The Morgan fingerprint density at radius 1 is 0.960 bits per heavy atom. The Morgan fingerprint density at radius 3 is 2.36 bits per heavy atom. The van der Waals surface area contributed by atoms with Crippen LogP contribution in [0.4, 0.5) is 4.39 Å². The van der Waals surface area contributed by atoms with Gasteiger partial charge in [-0.15, -0.1) is 0 Å². The molecule has 6 heteroatoms. The van der Waals surface area contributed by atoms with Crippen molar-refractivity contribution in [2.45, 2.75) is 13.5 Å². The van der Waals surface area contributed by atoms with Gasteiger partial charge in [-0.1, -0.05) is 0 Å². The van der Waals surface area contributed by atoms with Crippen LogP contribution in [0.25, 0.3) is 11.3 Å². The summed E-state index contributed by atoms with van der Waals surface area (Å²) in [6, 6.07) is 13.6. The van der Waals surface area contributed by atoms with E-state index < -0.39 is 0 Å². The Labute approximate surface area is 153 Å². The predicted octanol–water partition coefficient (Wildman–Crippen LogP) is 4.94. The van der Waals surface area contributed by atoms with Crippen LogP contribution in [0.15, 0.2) is 53.1 Å². The maximum Gasteiger partial charge on any atom is 0.151 e. The van der Waals surface area contributed by atoms with Crippen LogP contribution in [0.3, 0.4) is 0 Å². The lowest BCUT2D eigenvalue weighted by atomic mass is 10.1. The summed E-state index contributed by atoms with van der Waals surface area (Å²) >= 11 is 3.36. The number of rotatable bonds is 5. The highest BCUT2D eigenvalue weighted by atomic mass is 79.9. The Hall–Kier alpha value is -2.47. The molecule has 128 valence electrons.